The molecule has 23 heavy (non-hydrogen) atoms. The molecule has 1 heterocycles. The molecule has 0 unspecified atom stereocenters. The van der Waals surface area contributed by atoms with Gasteiger partial charge >= 0.3 is 6.61 Å². The molecule has 0 saturated carbocycles. The van der Waals surface area contributed by atoms with Crippen molar-refractivity contribution < 1.29 is 22.7 Å². The van der Waals surface area contributed by atoms with Crippen LogP contribution in [0.1, 0.15) is 12.1 Å². The Hall–Kier alpha value is -2.22. The number of amides is 1. The van der Waals surface area contributed by atoms with Crippen LogP contribution in [0, 0.1) is 12.7 Å². The van der Waals surface area contributed by atoms with E-state index in [1.54, 1.807) is 13.1 Å². The summed E-state index contributed by atoms with van der Waals surface area (Å²) in [6, 6.07) is 2.96. The highest BCUT2D eigenvalue weighted by Gasteiger charge is 2.13. The summed E-state index contributed by atoms with van der Waals surface area (Å²) in [7, 11) is 0. The van der Waals surface area contributed by atoms with Gasteiger partial charge in [-0.25, -0.2) is 4.39 Å². The van der Waals surface area contributed by atoms with E-state index in [9.17, 15) is 18.0 Å². The summed E-state index contributed by atoms with van der Waals surface area (Å²) in [6.07, 6.45) is 1.61. The molecule has 9 heteroatoms. The first-order valence-corrected chi connectivity index (χ1v) is 6.96. The van der Waals surface area contributed by atoms with Gasteiger partial charge in [0.15, 0.2) is 5.75 Å². The van der Waals surface area contributed by atoms with Crippen LogP contribution in [0.15, 0.2) is 24.4 Å². The molecule has 0 fully saturated rings. The van der Waals surface area contributed by atoms with Gasteiger partial charge in [-0.2, -0.15) is 13.9 Å². The van der Waals surface area contributed by atoms with E-state index < -0.39 is 24.1 Å². The Morgan fingerprint density at radius 3 is 2.83 bits per heavy atom. The maximum Gasteiger partial charge on any atom is 0.387 e. The molecule has 0 aliphatic carbocycles. The Morgan fingerprint density at radius 2 is 2.22 bits per heavy atom. The van der Waals surface area contributed by atoms with Crippen molar-refractivity contribution in [3.8, 4) is 5.75 Å². The Labute approximate surface area is 135 Å². The normalized spacial score (nSPS) is 10.9. The van der Waals surface area contributed by atoms with Crippen LogP contribution >= 0.6 is 11.6 Å². The minimum Gasteiger partial charge on any atom is -0.432 e. The molecule has 1 aromatic heterocycles. The molecule has 1 N–H and O–H groups in total. The first-order valence-electron chi connectivity index (χ1n) is 6.59. The lowest BCUT2D eigenvalue weighted by Crippen LogP contribution is -2.16. The third-order valence-electron chi connectivity index (χ3n) is 2.89. The fraction of sp³-hybridized carbons (Fsp3) is 0.286. The van der Waals surface area contributed by atoms with Crippen molar-refractivity contribution in [1.82, 2.24) is 9.78 Å². The van der Waals surface area contributed by atoms with Crippen molar-refractivity contribution in [3.05, 3.63) is 40.9 Å². The number of aromatic nitrogens is 2. The summed E-state index contributed by atoms with van der Waals surface area (Å²) >= 11 is 5.85. The van der Waals surface area contributed by atoms with Crippen LogP contribution in [0.4, 0.5) is 18.9 Å². The van der Waals surface area contributed by atoms with Crippen LogP contribution in [-0.2, 0) is 11.3 Å². The van der Waals surface area contributed by atoms with Gasteiger partial charge in [0.25, 0.3) is 0 Å². The van der Waals surface area contributed by atoms with Gasteiger partial charge in [0.2, 0.25) is 5.91 Å². The monoisotopic (exact) mass is 347 g/mol. The number of hydrogen-bond acceptors (Lipinski definition) is 3. The number of ether oxygens (including phenoxy) is 1. The number of benzene rings is 1. The number of nitrogens with zero attached hydrogens (tertiary/aromatic N) is 2. The van der Waals surface area contributed by atoms with E-state index in [0.29, 0.717) is 10.7 Å². The van der Waals surface area contributed by atoms with Crippen molar-refractivity contribution in [2.24, 2.45) is 0 Å². The number of anilines is 1. The number of rotatable bonds is 6. The van der Waals surface area contributed by atoms with E-state index in [-0.39, 0.29) is 18.7 Å². The standard InChI is InChI=1S/C14H13ClF3N3O2/c1-8-10(15)7-21(20-8)5-4-13(22)19-11-3-2-9(16)6-12(11)23-14(17)18/h2-3,6-7,14H,4-5H2,1H3,(H,19,22). The molecule has 0 atom stereocenters. The summed E-state index contributed by atoms with van der Waals surface area (Å²) in [4.78, 5) is 11.9. The summed E-state index contributed by atoms with van der Waals surface area (Å²) in [5.74, 6) is -1.65. The molecule has 0 saturated heterocycles. The molecule has 1 aromatic carbocycles. The van der Waals surface area contributed by atoms with E-state index in [1.165, 1.54) is 4.68 Å². The molecule has 0 radical (unpaired) electrons. The van der Waals surface area contributed by atoms with E-state index in [4.69, 9.17) is 11.6 Å². The van der Waals surface area contributed by atoms with Crippen LogP contribution in [0.25, 0.3) is 0 Å². The molecule has 0 aliphatic heterocycles. The van der Waals surface area contributed by atoms with E-state index in [0.717, 1.165) is 18.2 Å². The maximum absolute atomic E-state index is 13.1. The highest BCUT2D eigenvalue weighted by molar-refractivity contribution is 6.31. The first-order chi connectivity index (χ1) is 10.8. The Morgan fingerprint density at radius 1 is 1.48 bits per heavy atom. The van der Waals surface area contributed by atoms with E-state index in [1.807, 2.05) is 0 Å². The summed E-state index contributed by atoms with van der Waals surface area (Å²) in [5, 5.41) is 6.97. The van der Waals surface area contributed by atoms with Gasteiger partial charge in [0.05, 0.1) is 16.4 Å². The van der Waals surface area contributed by atoms with E-state index in [2.05, 4.69) is 15.2 Å². The predicted octanol–water partition coefficient (Wildman–Crippen LogP) is 3.61. The smallest absolute Gasteiger partial charge is 0.387 e. The van der Waals surface area contributed by atoms with Gasteiger partial charge in [-0.15, -0.1) is 0 Å². The molecule has 0 aliphatic rings. The van der Waals surface area contributed by atoms with Crippen molar-refractivity contribution in [1.29, 1.82) is 0 Å². The zero-order chi connectivity index (χ0) is 17.0. The molecular formula is C14H13ClF3N3O2. The Kier molecular flexibility index (Phi) is 5.49. The molecule has 0 bridgehead atoms. The topological polar surface area (TPSA) is 56.2 Å². The molecule has 2 rings (SSSR count). The van der Waals surface area contributed by atoms with Gasteiger partial charge in [-0.1, -0.05) is 11.6 Å². The molecule has 124 valence electrons. The third kappa shape index (κ3) is 4.88. The van der Waals surface area contributed by atoms with Crippen molar-refractivity contribution in [2.45, 2.75) is 26.5 Å². The fourth-order valence-corrected chi connectivity index (χ4v) is 1.98. The van der Waals surface area contributed by atoms with Crippen molar-refractivity contribution >= 4 is 23.2 Å². The van der Waals surface area contributed by atoms with Crippen molar-refractivity contribution in [3.63, 3.8) is 0 Å². The lowest BCUT2D eigenvalue weighted by Gasteiger charge is -2.12. The number of hydrogen-bond donors (Lipinski definition) is 1. The van der Waals surface area contributed by atoms with Gasteiger partial charge in [-0.3, -0.25) is 9.48 Å². The Balaban J connectivity index is 1.99. The van der Waals surface area contributed by atoms with Crippen molar-refractivity contribution in [2.75, 3.05) is 5.32 Å². The highest BCUT2D eigenvalue weighted by Crippen LogP contribution is 2.27. The summed E-state index contributed by atoms with van der Waals surface area (Å²) in [6.45, 7) is -1.14. The molecule has 1 amide bonds. The number of halogens is 4. The zero-order valence-corrected chi connectivity index (χ0v) is 12.8. The average molecular weight is 348 g/mol. The quantitative estimate of drug-likeness (QED) is 0.868. The van der Waals surface area contributed by atoms with Crippen LogP contribution in [0.5, 0.6) is 5.75 Å². The third-order valence-corrected chi connectivity index (χ3v) is 3.26. The van der Waals surface area contributed by atoms with Crippen LogP contribution in [0.3, 0.4) is 0 Å². The first kappa shape index (κ1) is 17.1. The van der Waals surface area contributed by atoms with Gasteiger partial charge in [0.1, 0.15) is 5.82 Å². The SMILES string of the molecule is Cc1nn(CCC(=O)Nc2ccc(F)cc2OC(F)F)cc1Cl. The van der Waals surface area contributed by atoms with E-state index >= 15 is 0 Å². The maximum atomic E-state index is 13.1. The average Bonchev–Trinajstić information content (AvgIpc) is 2.78. The largest absolute Gasteiger partial charge is 0.432 e. The lowest BCUT2D eigenvalue weighted by molar-refractivity contribution is -0.116. The number of aryl methyl sites for hydroxylation is 2. The van der Waals surface area contributed by atoms with Gasteiger partial charge in [0, 0.05) is 25.2 Å². The molecule has 2 aromatic rings. The van der Waals surface area contributed by atoms with Crippen LogP contribution < -0.4 is 10.1 Å². The minimum atomic E-state index is -3.12. The zero-order valence-electron chi connectivity index (χ0n) is 12.0. The highest BCUT2D eigenvalue weighted by atomic mass is 35.5. The Bertz CT molecular complexity index is 687. The second-order valence-corrected chi connectivity index (χ2v) is 5.05. The lowest BCUT2D eigenvalue weighted by atomic mass is 10.2. The second-order valence-electron chi connectivity index (χ2n) is 4.64. The fourth-order valence-electron chi connectivity index (χ4n) is 1.83. The van der Waals surface area contributed by atoms with Crippen LogP contribution in [-0.4, -0.2) is 22.3 Å². The summed E-state index contributed by atoms with van der Waals surface area (Å²) < 4.78 is 43.4. The minimum absolute atomic E-state index is 0.0307. The second kappa shape index (κ2) is 7.36. The molecule has 5 nitrogen and oxygen atoms in total. The number of carbonyl (C=O) groups excluding carboxylic acids is 1. The van der Waals surface area contributed by atoms with Gasteiger partial charge < -0.3 is 10.1 Å². The molecular weight excluding hydrogens is 335 g/mol. The molecule has 0 spiro atoms. The summed E-state index contributed by atoms with van der Waals surface area (Å²) in [5.41, 5.74) is 0.601. The predicted molar refractivity (Wildman–Crippen MR) is 78.3 cm³/mol. The number of alkyl halides is 2. The number of nitrogens with one attached hydrogen (secondary N) is 1. The van der Waals surface area contributed by atoms with Gasteiger partial charge in [-0.05, 0) is 19.1 Å². The number of carbonyl (C=O) groups is 1. The van der Waals surface area contributed by atoms with Crippen LogP contribution in [0.2, 0.25) is 5.02 Å².